The molecule has 4 nitrogen and oxygen atoms in total. The number of piperidine rings is 1. The highest BCUT2D eigenvalue weighted by Crippen LogP contribution is 2.48. The fourth-order valence-corrected chi connectivity index (χ4v) is 6.69. The van der Waals surface area contributed by atoms with Crippen LogP contribution in [0.1, 0.15) is 77.6 Å². The number of aromatic nitrogens is 2. The monoisotopic (exact) mass is 422 g/mol. The number of hydrogen-bond acceptors (Lipinski definition) is 3. The molecule has 2 aromatic rings. The summed E-state index contributed by atoms with van der Waals surface area (Å²) in [5.41, 5.74) is 3.00. The van der Waals surface area contributed by atoms with Crippen molar-refractivity contribution in [3.05, 3.63) is 30.1 Å². The molecule has 5 rings (SSSR count). The van der Waals surface area contributed by atoms with Crippen molar-refractivity contribution in [2.24, 2.45) is 23.2 Å². The van der Waals surface area contributed by atoms with Crippen LogP contribution in [0.15, 0.2) is 24.3 Å². The number of likely N-dealkylation sites (tertiary alicyclic amines) is 1. The van der Waals surface area contributed by atoms with E-state index in [0.717, 1.165) is 30.8 Å². The van der Waals surface area contributed by atoms with Crippen LogP contribution in [0.3, 0.4) is 0 Å². The first-order valence-corrected chi connectivity index (χ1v) is 12.8. The highest BCUT2D eigenvalue weighted by molar-refractivity contribution is 5.76. The third-order valence-electron chi connectivity index (χ3n) is 9.58. The van der Waals surface area contributed by atoms with Crippen molar-refractivity contribution in [1.82, 2.24) is 19.8 Å². The standard InChI is InChI=1S/C27H42N4/c1-19-9-10-22(20(2)27(19,3)4)18-30-15-12-23(13-16-30)31-25-8-6-5-7-24(25)29-26(31)21-11-14-28-17-21/h5-8,19-23,28H,9-18H2,1-4H3/t19-,20+,21+,22+/m1/s1. The number of hydrogen-bond donors (Lipinski definition) is 1. The van der Waals surface area contributed by atoms with Crippen LogP contribution in [-0.2, 0) is 0 Å². The lowest BCUT2D eigenvalue weighted by atomic mass is 9.59. The van der Waals surface area contributed by atoms with Gasteiger partial charge in [-0.2, -0.15) is 0 Å². The predicted octanol–water partition coefficient (Wildman–Crippen LogP) is 5.46. The molecule has 31 heavy (non-hydrogen) atoms. The molecular formula is C27H42N4. The third-order valence-corrected chi connectivity index (χ3v) is 9.58. The summed E-state index contributed by atoms with van der Waals surface area (Å²) >= 11 is 0. The molecule has 4 atom stereocenters. The Kier molecular flexibility index (Phi) is 5.89. The van der Waals surface area contributed by atoms with Gasteiger partial charge in [0, 0.05) is 38.1 Å². The lowest BCUT2D eigenvalue weighted by molar-refractivity contribution is 0.0110. The lowest BCUT2D eigenvalue weighted by Crippen LogP contribution is -2.45. The van der Waals surface area contributed by atoms with Crippen molar-refractivity contribution in [3.63, 3.8) is 0 Å². The minimum absolute atomic E-state index is 0.473. The molecule has 3 fully saturated rings. The molecule has 1 aromatic heterocycles. The Labute approximate surface area is 188 Å². The Morgan fingerprint density at radius 1 is 1.03 bits per heavy atom. The van der Waals surface area contributed by atoms with Crippen LogP contribution in [0, 0.1) is 23.2 Å². The van der Waals surface area contributed by atoms with E-state index < -0.39 is 0 Å². The second kappa shape index (κ2) is 8.51. The molecule has 4 heteroatoms. The molecule has 1 aromatic carbocycles. The van der Waals surface area contributed by atoms with Gasteiger partial charge in [0.1, 0.15) is 5.82 Å². The van der Waals surface area contributed by atoms with Crippen LogP contribution >= 0.6 is 0 Å². The van der Waals surface area contributed by atoms with Crippen LogP contribution in [0.4, 0.5) is 0 Å². The maximum absolute atomic E-state index is 5.12. The second-order valence-electron chi connectivity index (χ2n) is 11.4. The zero-order chi connectivity index (χ0) is 21.6. The van der Waals surface area contributed by atoms with Gasteiger partial charge in [0.15, 0.2) is 0 Å². The molecule has 0 radical (unpaired) electrons. The Balaban J connectivity index is 1.29. The first-order valence-electron chi connectivity index (χ1n) is 12.8. The van der Waals surface area contributed by atoms with Crippen molar-refractivity contribution in [1.29, 1.82) is 0 Å². The maximum Gasteiger partial charge on any atom is 0.114 e. The van der Waals surface area contributed by atoms with Gasteiger partial charge in [0.25, 0.3) is 0 Å². The van der Waals surface area contributed by atoms with E-state index in [2.05, 4.69) is 66.7 Å². The molecule has 170 valence electrons. The molecule has 3 aliphatic rings. The Morgan fingerprint density at radius 3 is 2.55 bits per heavy atom. The van der Waals surface area contributed by atoms with Crippen LogP contribution < -0.4 is 5.32 Å². The van der Waals surface area contributed by atoms with Gasteiger partial charge in [0.2, 0.25) is 0 Å². The second-order valence-corrected chi connectivity index (χ2v) is 11.4. The van der Waals surface area contributed by atoms with Gasteiger partial charge in [-0.25, -0.2) is 4.98 Å². The number of benzene rings is 1. The molecule has 1 saturated carbocycles. The minimum atomic E-state index is 0.473. The first-order chi connectivity index (χ1) is 14.9. The lowest BCUT2D eigenvalue weighted by Gasteiger charge is -2.48. The molecule has 3 heterocycles. The van der Waals surface area contributed by atoms with Crippen LogP contribution in [0.2, 0.25) is 0 Å². The van der Waals surface area contributed by atoms with Gasteiger partial charge < -0.3 is 14.8 Å². The normalized spacial score (nSPS) is 32.6. The fourth-order valence-electron chi connectivity index (χ4n) is 6.69. The molecule has 0 unspecified atom stereocenters. The summed E-state index contributed by atoms with van der Waals surface area (Å²) in [7, 11) is 0. The SMILES string of the molecule is C[C@@H]1CC[C@@H](CN2CCC(n3c([C@H]4CCNC4)nc4ccccc43)CC2)[C@H](C)C1(C)C. The van der Waals surface area contributed by atoms with E-state index in [4.69, 9.17) is 4.98 Å². The molecule has 1 N–H and O–H groups in total. The summed E-state index contributed by atoms with van der Waals surface area (Å²) in [5, 5.41) is 3.55. The van der Waals surface area contributed by atoms with Crippen molar-refractivity contribution < 1.29 is 0 Å². The summed E-state index contributed by atoms with van der Waals surface area (Å²) in [6.45, 7) is 16.0. The van der Waals surface area contributed by atoms with Crippen molar-refractivity contribution in [3.8, 4) is 0 Å². The number of nitrogens with zero attached hydrogens (tertiary/aromatic N) is 3. The summed E-state index contributed by atoms with van der Waals surface area (Å²) in [4.78, 5) is 7.90. The quantitative estimate of drug-likeness (QED) is 0.710. The van der Waals surface area contributed by atoms with Gasteiger partial charge in [-0.15, -0.1) is 0 Å². The van der Waals surface area contributed by atoms with Crippen LogP contribution in [0.5, 0.6) is 0 Å². The largest absolute Gasteiger partial charge is 0.324 e. The average molecular weight is 423 g/mol. The van der Waals surface area contributed by atoms with E-state index in [1.165, 1.54) is 68.6 Å². The third kappa shape index (κ3) is 3.95. The minimum Gasteiger partial charge on any atom is -0.324 e. The van der Waals surface area contributed by atoms with Gasteiger partial charge >= 0.3 is 0 Å². The van der Waals surface area contributed by atoms with Crippen molar-refractivity contribution in [2.75, 3.05) is 32.7 Å². The van der Waals surface area contributed by atoms with Gasteiger partial charge in [-0.3, -0.25) is 0 Å². The van der Waals surface area contributed by atoms with E-state index in [9.17, 15) is 0 Å². The van der Waals surface area contributed by atoms with E-state index in [1.807, 2.05) is 0 Å². The molecular weight excluding hydrogens is 380 g/mol. The smallest absolute Gasteiger partial charge is 0.114 e. The zero-order valence-corrected chi connectivity index (χ0v) is 20.1. The van der Waals surface area contributed by atoms with Crippen LogP contribution in [0.25, 0.3) is 11.0 Å². The number of fused-ring (bicyclic) bond motifs is 1. The Morgan fingerprint density at radius 2 is 1.81 bits per heavy atom. The molecule has 0 bridgehead atoms. The Bertz CT molecular complexity index is 886. The maximum atomic E-state index is 5.12. The number of para-hydroxylation sites is 2. The summed E-state index contributed by atoms with van der Waals surface area (Å²) in [6.07, 6.45) is 6.55. The predicted molar refractivity (Wildman–Crippen MR) is 130 cm³/mol. The molecule has 1 aliphatic carbocycles. The molecule has 0 spiro atoms. The summed E-state index contributed by atoms with van der Waals surface area (Å²) in [6, 6.07) is 9.39. The fraction of sp³-hybridized carbons (Fsp3) is 0.741. The van der Waals surface area contributed by atoms with Gasteiger partial charge in [-0.05, 0) is 74.0 Å². The Hall–Kier alpha value is -1.39. The van der Waals surface area contributed by atoms with E-state index in [-0.39, 0.29) is 0 Å². The topological polar surface area (TPSA) is 33.1 Å². The van der Waals surface area contributed by atoms with Crippen LogP contribution in [-0.4, -0.2) is 47.2 Å². The van der Waals surface area contributed by atoms with Gasteiger partial charge in [-0.1, -0.05) is 39.8 Å². The highest BCUT2D eigenvalue weighted by Gasteiger charge is 2.41. The zero-order valence-electron chi connectivity index (χ0n) is 20.1. The molecule has 2 saturated heterocycles. The number of rotatable bonds is 4. The van der Waals surface area contributed by atoms with Crippen molar-refractivity contribution in [2.45, 2.75) is 71.8 Å². The summed E-state index contributed by atoms with van der Waals surface area (Å²) in [5.74, 6) is 4.42. The van der Waals surface area contributed by atoms with Gasteiger partial charge in [0.05, 0.1) is 11.0 Å². The number of nitrogens with one attached hydrogen (secondary N) is 1. The summed E-state index contributed by atoms with van der Waals surface area (Å²) < 4.78 is 2.64. The molecule has 2 aliphatic heterocycles. The molecule has 0 amide bonds. The first kappa shape index (κ1) is 21.5. The van der Waals surface area contributed by atoms with Crippen molar-refractivity contribution >= 4 is 11.0 Å². The van der Waals surface area contributed by atoms with E-state index >= 15 is 0 Å². The van der Waals surface area contributed by atoms with E-state index in [1.54, 1.807) is 0 Å². The average Bonchev–Trinajstić information content (AvgIpc) is 3.43. The number of imidazole rings is 1. The highest BCUT2D eigenvalue weighted by atomic mass is 15.2. The van der Waals surface area contributed by atoms with E-state index in [0.29, 0.717) is 17.4 Å².